The molecule has 3 aromatic heterocycles. The van der Waals surface area contributed by atoms with Crippen LogP contribution in [0, 0.1) is 0 Å². The van der Waals surface area contributed by atoms with E-state index in [1.807, 2.05) is 6.07 Å². The molecule has 3 N–H and O–H groups in total. The first kappa shape index (κ1) is 13.2. The Balaban J connectivity index is 2.01. The van der Waals surface area contributed by atoms with E-state index in [0.29, 0.717) is 28.0 Å². The molecule has 1 aliphatic rings. The first-order valence-corrected chi connectivity index (χ1v) is 7.31. The SMILES string of the molecule is Nc1nc2oc3ccc(C4CCC4)nc3c(=O)c2cc1CO. The first-order valence-electron chi connectivity index (χ1n) is 7.31. The lowest BCUT2D eigenvalue weighted by Crippen LogP contribution is -2.13. The van der Waals surface area contributed by atoms with Gasteiger partial charge in [-0.25, -0.2) is 4.98 Å². The third-order valence-electron chi connectivity index (χ3n) is 4.34. The Morgan fingerprint density at radius 3 is 2.82 bits per heavy atom. The number of aromatic nitrogens is 2. The van der Waals surface area contributed by atoms with Gasteiger partial charge in [0.05, 0.1) is 12.0 Å². The zero-order chi connectivity index (χ0) is 15.3. The molecule has 0 atom stereocenters. The van der Waals surface area contributed by atoms with Gasteiger partial charge in [-0.2, -0.15) is 4.98 Å². The Hall–Kier alpha value is -2.47. The highest BCUT2D eigenvalue weighted by Crippen LogP contribution is 2.35. The summed E-state index contributed by atoms with van der Waals surface area (Å²) < 4.78 is 5.66. The van der Waals surface area contributed by atoms with Crippen LogP contribution in [0.15, 0.2) is 27.4 Å². The zero-order valence-corrected chi connectivity index (χ0v) is 11.9. The number of nitrogens with two attached hydrogens (primary N) is 1. The molecule has 6 heteroatoms. The molecular weight excluding hydrogens is 282 g/mol. The van der Waals surface area contributed by atoms with Crippen molar-refractivity contribution in [3.63, 3.8) is 0 Å². The van der Waals surface area contributed by atoms with Crippen LogP contribution in [0.4, 0.5) is 5.82 Å². The number of pyridine rings is 2. The number of aliphatic hydroxyl groups is 1. The number of hydrogen-bond donors (Lipinski definition) is 2. The minimum atomic E-state index is -0.276. The van der Waals surface area contributed by atoms with Crippen molar-refractivity contribution in [2.45, 2.75) is 31.8 Å². The zero-order valence-electron chi connectivity index (χ0n) is 11.9. The Morgan fingerprint density at radius 1 is 1.32 bits per heavy atom. The summed E-state index contributed by atoms with van der Waals surface area (Å²) in [5, 5.41) is 9.57. The lowest BCUT2D eigenvalue weighted by atomic mass is 9.82. The summed E-state index contributed by atoms with van der Waals surface area (Å²) in [6.07, 6.45) is 3.44. The summed E-state index contributed by atoms with van der Waals surface area (Å²) in [4.78, 5) is 21.2. The van der Waals surface area contributed by atoms with E-state index < -0.39 is 0 Å². The number of fused-ring (bicyclic) bond motifs is 2. The van der Waals surface area contributed by atoms with Crippen molar-refractivity contribution >= 4 is 28.0 Å². The molecule has 0 amide bonds. The second-order valence-electron chi connectivity index (χ2n) is 5.69. The lowest BCUT2D eigenvalue weighted by Gasteiger charge is -2.24. The van der Waals surface area contributed by atoms with Crippen molar-refractivity contribution < 1.29 is 9.52 Å². The van der Waals surface area contributed by atoms with Crippen LogP contribution in [0.1, 0.15) is 36.4 Å². The van der Waals surface area contributed by atoms with Crippen LogP contribution in [-0.4, -0.2) is 15.1 Å². The highest BCUT2D eigenvalue weighted by atomic mass is 16.3. The smallest absolute Gasteiger partial charge is 0.232 e. The van der Waals surface area contributed by atoms with Crippen LogP contribution in [0.2, 0.25) is 0 Å². The maximum atomic E-state index is 12.7. The standard InChI is InChI=1S/C16H15N3O3/c17-15-9(7-20)6-10-14(21)13-12(22-16(10)19-15)5-4-11(18-13)8-2-1-3-8/h4-6,8,20H,1-3,7H2,(H2,17,19). The quantitative estimate of drug-likeness (QED) is 0.702. The molecule has 0 saturated heterocycles. The largest absolute Gasteiger partial charge is 0.436 e. The van der Waals surface area contributed by atoms with Gasteiger partial charge < -0.3 is 15.3 Å². The van der Waals surface area contributed by atoms with E-state index in [1.165, 1.54) is 12.5 Å². The van der Waals surface area contributed by atoms with E-state index in [-0.39, 0.29) is 23.6 Å². The number of hydrogen-bond acceptors (Lipinski definition) is 6. The highest BCUT2D eigenvalue weighted by molar-refractivity contribution is 5.87. The van der Waals surface area contributed by atoms with Gasteiger partial charge in [-0.05, 0) is 31.0 Å². The van der Waals surface area contributed by atoms with E-state index in [2.05, 4.69) is 9.97 Å². The van der Waals surface area contributed by atoms with Gasteiger partial charge in [0.2, 0.25) is 11.1 Å². The Bertz CT molecular complexity index is 945. The van der Waals surface area contributed by atoms with Crippen LogP contribution < -0.4 is 11.2 Å². The molecule has 0 spiro atoms. The summed E-state index contributed by atoms with van der Waals surface area (Å²) in [6.45, 7) is -0.276. The number of nitrogens with zero attached hydrogens (tertiary/aromatic N) is 2. The molecule has 0 unspecified atom stereocenters. The molecule has 4 rings (SSSR count). The number of aliphatic hydroxyl groups excluding tert-OH is 1. The van der Waals surface area contributed by atoms with Crippen molar-refractivity contribution in [1.29, 1.82) is 0 Å². The van der Waals surface area contributed by atoms with Crippen LogP contribution in [0.5, 0.6) is 0 Å². The van der Waals surface area contributed by atoms with E-state index >= 15 is 0 Å². The van der Waals surface area contributed by atoms with Crippen molar-refractivity contribution in [2.24, 2.45) is 0 Å². The van der Waals surface area contributed by atoms with Crippen molar-refractivity contribution in [3.8, 4) is 0 Å². The molecular formula is C16H15N3O3. The summed E-state index contributed by atoms with van der Waals surface area (Å²) >= 11 is 0. The minimum Gasteiger partial charge on any atom is -0.436 e. The summed E-state index contributed by atoms with van der Waals surface area (Å²) in [6, 6.07) is 5.21. The molecule has 3 aromatic rings. The van der Waals surface area contributed by atoms with Gasteiger partial charge in [-0.15, -0.1) is 0 Å². The topological polar surface area (TPSA) is 102 Å². The van der Waals surface area contributed by atoms with Gasteiger partial charge >= 0.3 is 0 Å². The molecule has 0 bridgehead atoms. The molecule has 112 valence electrons. The van der Waals surface area contributed by atoms with Crippen molar-refractivity contribution in [1.82, 2.24) is 9.97 Å². The second-order valence-corrected chi connectivity index (χ2v) is 5.69. The van der Waals surface area contributed by atoms with Crippen molar-refractivity contribution in [2.75, 3.05) is 5.73 Å². The molecule has 6 nitrogen and oxygen atoms in total. The summed E-state index contributed by atoms with van der Waals surface area (Å²) in [7, 11) is 0. The Morgan fingerprint density at radius 2 is 2.14 bits per heavy atom. The normalized spacial score (nSPS) is 15.3. The fourth-order valence-electron chi connectivity index (χ4n) is 2.79. The predicted molar refractivity (Wildman–Crippen MR) is 82.5 cm³/mol. The fourth-order valence-corrected chi connectivity index (χ4v) is 2.79. The van der Waals surface area contributed by atoms with Crippen LogP contribution in [-0.2, 0) is 6.61 Å². The number of nitrogen functional groups attached to an aromatic ring is 1. The molecule has 0 aromatic carbocycles. The molecule has 1 aliphatic carbocycles. The van der Waals surface area contributed by atoms with E-state index in [9.17, 15) is 9.90 Å². The maximum Gasteiger partial charge on any atom is 0.232 e. The van der Waals surface area contributed by atoms with Gasteiger partial charge in [-0.1, -0.05) is 6.42 Å². The van der Waals surface area contributed by atoms with Gasteiger partial charge in [-0.3, -0.25) is 4.79 Å². The molecule has 1 saturated carbocycles. The first-order chi connectivity index (χ1) is 10.7. The molecule has 1 fully saturated rings. The van der Waals surface area contributed by atoms with Gasteiger partial charge in [0.15, 0.2) is 11.1 Å². The van der Waals surface area contributed by atoms with Gasteiger partial charge in [0.1, 0.15) is 5.82 Å². The molecule has 0 aliphatic heterocycles. The van der Waals surface area contributed by atoms with E-state index in [0.717, 1.165) is 18.5 Å². The summed E-state index contributed by atoms with van der Waals surface area (Å²) in [5.41, 5.74) is 7.74. The second kappa shape index (κ2) is 4.78. The minimum absolute atomic E-state index is 0.163. The maximum absolute atomic E-state index is 12.7. The van der Waals surface area contributed by atoms with Crippen LogP contribution in [0.3, 0.4) is 0 Å². The molecule has 3 heterocycles. The average Bonchev–Trinajstić information content (AvgIpc) is 2.46. The third kappa shape index (κ3) is 1.88. The van der Waals surface area contributed by atoms with E-state index in [4.69, 9.17) is 10.2 Å². The number of rotatable bonds is 2. The summed E-state index contributed by atoms with van der Waals surface area (Å²) in [5.74, 6) is 0.605. The monoisotopic (exact) mass is 297 g/mol. The number of anilines is 1. The van der Waals surface area contributed by atoms with Crippen LogP contribution in [0.25, 0.3) is 22.2 Å². The fraction of sp³-hybridized carbons (Fsp3) is 0.312. The van der Waals surface area contributed by atoms with Gasteiger partial charge in [0, 0.05) is 17.2 Å². The molecule has 22 heavy (non-hydrogen) atoms. The van der Waals surface area contributed by atoms with Crippen molar-refractivity contribution in [3.05, 3.63) is 39.7 Å². The van der Waals surface area contributed by atoms with Gasteiger partial charge in [0.25, 0.3) is 0 Å². The predicted octanol–water partition coefficient (Wildman–Crippen LogP) is 2.08. The third-order valence-corrected chi connectivity index (χ3v) is 4.34. The van der Waals surface area contributed by atoms with Crippen LogP contribution >= 0.6 is 0 Å². The van der Waals surface area contributed by atoms with E-state index in [1.54, 1.807) is 6.07 Å². The Labute approximate surface area is 125 Å². The lowest BCUT2D eigenvalue weighted by molar-refractivity contribution is 0.282. The average molecular weight is 297 g/mol. The Kier molecular flexibility index (Phi) is 2.87. The molecule has 0 radical (unpaired) electrons. The highest BCUT2D eigenvalue weighted by Gasteiger charge is 2.22.